The molecule has 1 saturated heterocycles. The molecule has 1 aliphatic heterocycles. The number of carbonyl (C=O) groups excluding carboxylic acids is 2. The maximum absolute atomic E-state index is 13.2. The SMILES string of the molecule is Cc1ccc(OCC(=O)N2CCCN(C(=O)c3cccc4ccccc34)CC2)cc1C. The van der Waals surface area contributed by atoms with E-state index in [0.29, 0.717) is 31.9 Å². The van der Waals surface area contributed by atoms with E-state index in [9.17, 15) is 9.59 Å². The summed E-state index contributed by atoms with van der Waals surface area (Å²) in [6.45, 7) is 6.41. The van der Waals surface area contributed by atoms with Gasteiger partial charge in [0, 0.05) is 31.7 Å². The van der Waals surface area contributed by atoms with Crippen molar-refractivity contribution in [3.8, 4) is 5.75 Å². The van der Waals surface area contributed by atoms with E-state index >= 15 is 0 Å². The van der Waals surface area contributed by atoms with Crippen molar-refractivity contribution in [2.24, 2.45) is 0 Å². The maximum atomic E-state index is 13.2. The van der Waals surface area contributed by atoms with Crippen LogP contribution in [-0.2, 0) is 4.79 Å². The molecular formula is C26H28N2O3. The Labute approximate surface area is 183 Å². The van der Waals surface area contributed by atoms with Crippen LogP contribution in [0.2, 0.25) is 0 Å². The van der Waals surface area contributed by atoms with Gasteiger partial charge in [-0.05, 0) is 60.4 Å². The van der Waals surface area contributed by atoms with E-state index in [4.69, 9.17) is 4.74 Å². The van der Waals surface area contributed by atoms with Crippen molar-refractivity contribution in [1.29, 1.82) is 0 Å². The molecule has 0 spiro atoms. The molecule has 0 radical (unpaired) electrons. The summed E-state index contributed by atoms with van der Waals surface area (Å²) in [4.78, 5) is 29.6. The first-order valence-corrected chi connectivity index (χ1v) is 10.8. The highest BCUT2D eigenvalue weighted by molar-refractivity contribution is 6.07. The normalized spacial score (nSPS) is 14.4. The van der Waals surface area contributed by atoms with E-state index in [1.807, 2.05) is 79.4 Å². The summed E-state index contributed by atoms with van der Waals surface area (Å²) < 4.78 is 5.72. The highest BCUT2D eigenvalue weighted by atomic mass is 16.5. The van der Waals surface area contributed by atoms with Gasteiger partial charge >= 0.3 is 0 Å². The molecule has 4 rings (SSSR count). The monoisotopic (exact) mass is 416 g/mol. The number of rotatable bonds is 4. The molecule has 0 N–H and O–H groups in total. The molecule has 3 aromatic carbocycles. The van der Waals surface area contributed by atoms with E-state index in [-0.39, 0.29) is 18.4 Å². The van der Waals surface area contributed by atoms with Crippen molar-refractivity contribution < 1.29 is 14.3 Å². The molecule has 5 heteroatoms. The number of ether oxygens (including phenoxy) is 1. The molecule has 160 valence electrons. The highest BCUT2D eigenvalue weighted by Gasteiger charge is 2.24. The van der Waals surface area contributed by atoms with Gasteiger partial charge in [0.1, 0.15) is 5.75 Å². The minimum Gasteiger partial charge on any atom is -0.484 e. The number of benzene rings is 3. The van der Waals surface area contributed by atoms with Crippen LogP contribution in [0, 0.1) is 13.8 Å². The zero-order chi connectivity index (χ0) is 21.8. The number of carbonyl (C=O) groups is 2. The minimum absolute atomic E-state index is 0.0137. The standard InChI is InChI=1S/C26H28N2O3/c1-19-11-12-22(17-20(19)2)31-18-25(29)27-13-6-14-28(16-15-27)26(30)24-10-5-8-21-7-3-4-9-23(21)24/h3-5,7-12,17H,6,13-16,18H2,1-2H3. The second-order valence-electron chi connectivity index (χ2n) is 8.09. The largest absolute Gasteiger partial charge is 0.484 e. The number of amides is 2. The van der Waals surface area contributed by atoms with Crippen LogP contribution < -0.4 is 4.74 Å². The minimum atomic E-state index is -0.0438. The Morgan fingerprint density at radius 1 is 0.839 bits per heavy atom. The van der Waals surface area contributed by atoms with E-state index < -0.39 is 0 Å². The summed E-state index contributed by atoms with van der Waals surface area (Å²) in [5, 5.41) is 2.03. The van der Waals surface area contributed by atoms with Gasteiger partial charge in [-0.15, -0.1) is 0 Å². The predicted molar refractivity (Wildman–Crippen MR) is 122 cm³/mol. The zero-order valence-electron chi connectivity index (χ0n) is 18.1. The number of aryl methyl sites for hydroxylation is 2. The van der Waals surface area contributed by atoms with Crippen LogP contribution in [-0.4, -0.2) is 54.4 Å². The molecule has 2 amide bonds. The van der Waals surface area contributed by atoms with Crippen molar-refractivity contribution in [3.05, 3.63) is 77.4 Å². The lowest BCUT2D eigenvalue weighted by atomic mass is 10.0. The van der Waals surface area contributed by atoms with Gasteiger partial charge in [-0.1, -0.05) is 42.5 Å². The van der Waals surface area contributed by atoms with Crippen molar-refractivity contribution >= 4 is 22.6 Å². The fourth-order valence-corrected chi connectivity index (χ4v) is 3.99. The van der Waals surface area contributed by atoms with Gasteiger partial charge in [0.25, 0.3) is 11.8 Å². The van der Waals surface area contributed by atoms with Crippen LogP contribution >= 0.6 is 0 Å². The first-order valence-electron chi connectivity index (χ1n) is 10.8. The second kappa shape index (κ2) is 9.21. The predicted octanol–water partition coefficient (Wildman–Crippen LogP) is 4.21. The second-order valence-corrected chi connectivity index (χ2v) is 8.09. The van der Waals surface area contributed by atoms with Crippen molar-refractivity contribution in [2.75, 3.05) is 32.8 Å². The van der Waals surface area contributed by atoms with E-state index in [1.165, 1.54) is 5.56 Å². The van der Waals surface area contributed by atoms with Crippen LogP contribution in [0.3, 0.4) is 0 Å². The van der Waals surface area contributed by atoms with Gasteiger partial charge in [0.15, 0.2) is 6.61 Å². The molecule has 0 saturated carbocycles. The lowest BCUT2D eigenvalue weighted by molar-refractivity contribution is -0.133. The van der Waals surface area contributed by atoms with Gasteiger partial charge < -0.3 is 14.5 Å². The molecule has 0 aliphatic carbocycles. The first kappa shape index (κ1) is 20.9. The van der Waals surface area contributed by atoms with E-state index in [0.717, 1.165) is 28.3 Å². The van der Waals surface area contributed by atoms with Crippen LogP contribution in [0.25, 0.3) is 10.8 Å². The quantitative estimate of drug-likeness (QED) is 0.640. The summed E-state index contributed by atoms with van der Waals surface area (Å²) in [5.41, 5.74) is 3.06. The number of hydrogen-bond donors (Lipinski definition) is 0. The Kier molecular flexibility index (Phi) is 6.21. The van der Waals surface area contributed by atoms with Crippen molar-refractivity contribution in [1.82, 2.24) is 9.80 Å². The summed E-state index contributed by atoms with van der Waals surface area (Å²) in [6, 6.07) is 19.6. The Balaban J connectivity index is 1.38. The Bertz CT molecular complexity index is 1100. The Morgan fingerprint density at radius 2 is 1.58 bits per heavy atom. The van der Waals surface area contributed by atoms with Crippen LogP contribution in [0.1, 0.15) is 27.9 Å². The molecule has 0 unspecified atom stereocenters. The third-order valence-corrected chi connectivity index (χ3v) is 6.00. The van der Waals surface area contributed by atoms with Crippen LogP contribution in [0.4, 0.5) is 0 Å². The highest BCUT2D eigenvalue weighted by Crippen LogP contribution is 2.21. The molecule has 1 fully saturated rings. The van der Waals surface area contributed by atoms with Gasteiger partial charge in [-0.2, -0.15) is 0 Å². The Morgan fingerprint density at radius 3 is 2.42 bits per heavy atom. The average Bonchev–Trinajstić information content (AvgIpc) is 3.05. The molecule has 3 aromatic rings. The first-order chi connectivity index (χ1) is 15.0. The van der Waals surface area contributed by atoms with Gasteiger partial charge in [-0.25, -0.2) is 0 Å². The van der Waals surface area contributed by atoms with E-state index in [1.54, 1.807) is 4.90 Å². The summed E-state index contributed by atoms with van der Waals surface area (Å²) in [6.07, 6.45) is 0.756. The molecule has 5 nitrogen and oxygen atoms in total. The lowest BCUT2D eigenvalue weighted by Gasteiger charge is -2.23. The lowest BCUT2D eigenvalue weighted by Crippen LogP contribution is -2.39. The molecule has 0 bridgehead atoms. The smallest absolute Gasteiger partial charge is 0.260 e. The number of hydrogen-bond acceptors (Lipinski definition) is 3. The van der Waals surface area contributed by atoms with Crippen molar-refractivity contribution in [2.45, 2.75) is 20.3 Å². The van der Waals surface area contributed by atoms with Gasteiger partial charge in [0.05, 0.1) is 0 Å². The molecule has 31 heavy (non-hydrogen) atoms. The molecule has 1 heterocycles. The maximum Gasteiger partial charge on any atom is 0.260 e. The number of nitrogens with zero attached hydrogens (tertiary/aromatic N) is 2. The fraction of sp³-hybridized carbons (Fsp3) is 0.308. The summed E-state index contributed by atoms with van der Waals surface area (Å²) >= 11 is 0. The third-order valence-electron chi connectivity index (χ3n) is 6.00. The van der Waals surface area contributed by atoms with Crippen LogP contribution in [0.5, 0.6) is 5.75 Å². The van der Waals surface area contributed by atoms with Crippen molar-refractivity contribution in [3.63, 3.8) is 0 Å². The zero-order valence-corrected chi connectivity index (χ0v) is 18.1. The van der Waals surface area contributed by atoms with Gasteiger partial charge in [-0.3, -0.25) is 9.59 Å². The van der Waals surface area contributed by atoms with Gasteiger partial charge in [0.2, 0.25) is 0 Å². The summed E-state index contributed by atoms with van der Waals surface area (Å²) in [7, 11) is 0. The molecular weight excluding hydrogens is 388 g/mol. The van der Waals surface area contributed by atoms with E-state index in [2.05, 4.69) is 0 Å². The molecule has 1 aliphatic rings. The van der Waals surface area contributed by atoms with Crippen LogP contribution in [0.15, 0.2) is 60.7 Å². The topological polar surface area (TPSA) is 49.9 Å². The number of fused-ring (bicyclic) bond motifs is 1. The molecule has 0 aromatic heterocycles. The average molecular weight is 417 g/mol. The fourth-order valence-electron chi connectivity index (χ4n) is 3.99. The Hall–Kier alpha value is -3.34. The molecule has 0 atom stereocenters. The third kappa shape index (κ3) is 4.71. The summed E-state index contributed by atoms with van der Waals surface area (Å²) in [5.74, 6) is 0.689.